The molecule has 0 atom stereocenters. The lowest BCUT2D eigenvalue weighted by atomic mass is 10.2. The topological polar surface area (TPSA) is 30.2 Å². The zero-order chi connectivity index (χ0) is 14.8. The van der Waals surface area contributed by atoms with E-state index in [4.69, 9.17) is 27.6 Å². The monoisotopic (exact) mass is 316 g/mol. The fourth-order valence-corrected chi connectivity index (χ4v) is 2.56. The van der Waals surface area contributed by atoms with E-state index in [-0.39, 0.29) is 5.43 Å². The maximum absolute atomic E-state index is 12.0. The molecule has 0 amide bonds. The summed E-state index contributed by atoms with van der Waals surface area (Å²) in [4.78, 5) is 12.0. The van der Waals surface area contributed by atoms with Gasteiger partial charge in [-0.15, -0.1) is 0 Å². The fraction of sp³-hybridized carbons (Fsp3) is 0. The molecule has 0 bridgehead atoms. The summed E-state index contributed by atoms with van der Waals surface area (Å²) in [6.45, 7) is 0. The Hall–Kier alpha value is -2.03. The van der Waals surface area contributed by atoms with Gasteiger partial charge in [0.05, 0.1) is 5.39 Å². The highest BCUT2D eigenvalue weighted by Gasteiger charge is 2.04. The van der Waals surface area contributed by atoms with E-state index in [1.165, 1.54) is 6.07 Å². The molecule has 0 fully saturated rings. The summed E-state index contributed by atoms with van der Waals surface area (Å²) in [6, 6.07) is 13.9. The molecule has 0 saturated carbocycles. The SMILES string of the molecule is O=c1cc(/C=C/c2c(Cl)cccc2Cl)oc2ccccc12. The van der Waals surface area contributed by atoms with Gasteiger partial charge in [-0.25, -0.2) is 0 Å². The Morgan fingerprint density at radius 1 is 0.905 bits per heavy atom. The first kappa shape index (κ1) is 13.9. The molecule has 1 heterocycles. The summed E-state index contributed by atoms with van der Waals surface area (Å²) in [5.74, 6) is 0.453. The lowest BCUT2D eigenvalue weighted by Gasteiger charge is -2.01. The minimum Gasteiger partial charge on any atom is -0.456 e. The number of halogens is 2. The van der Waals surface area contributed by atoms with Crippen LogP contribution in [0, 0.1) is 0 Å². The first-order valence-corrected chi connectivity index (χ1v) is 7.06. The maximum atomic E-state index is 12.0. The maximum Gasteiger partial charge on any atom is 0.193 e. The third-order valence-corrected chi connectivity index (χ3v) is 3.73. The molecule has 0 spiro atoms. The third-order valence-electron chi connectivity index (χ3n) is 3.07. The van der Waals surface area contributed by atoms with Crippen LogP contribution in [0.5, 0.6) is 0 Å². The zero-order valence-electron chi connectivity index (χ0n) is 10.8. The molecule has 0 N–H and O–H groups in total. The standard InChI is InChI=1S/C17H10Cl2O2/c18-14-5-3-6-15(19)12(14)9-8-11-10-16(20)13-4-1-2-7-17(13)21-11/h1-10H/b9-8+. The van der Waals surface area contributed by atoms with Gasteiger partial charge in [0.2, 0.25) is 0 Å². The van der Waals surface area contributed by atoms with Crippen LogP contribution in [0.1, 0.15) is 11.3 Å². The van der Waals surface area contributed by atoms with Crippen molar-refractivity contribution in [2.45, 2.75) is 0 Å². The van der Waals surface area contributed by atoms with Gasteiger partial charge in [0.25, 0.3) is 0 Å². The van der Waals surface area contributed by atoms with Crippen molar-refractivity contribution in [2.24, 2.45) is 0 Å². The molecule has 0 unspecified atom stereocenters. The van der Waals surface area contributed by atoms with E-state index < -0.39 is 0 Å². The van der Waals surface area contributed by atoms with Gasteiger partial charge in [0, 0.05) is 21.7 Å². The minimum atomic E-state index is -0.0817. The second-order valence-corrected chi connectivity index (χ2v) is 5.29. The highest BCUT2D eigenvalue weighted by molar-refractivity contribution is 6.37. The molecule has 4 heteroatoms. The number of para-hydroxylation sites is 1. The van der Waals surface area contributed by atoms with Gasteiger partial charge in [-0.1, -0.05) is 41.4 Å². The molecule has 104 valence electrons. The summed E-state index contributed by atoms with van der Waals surface area (Å²) in [6.07, 6.45) is 3.42. The Morgan fingerprint density at radius 2 is 1.62 bits per heavy atom. The van der Waals surface area contributed by atoms with Crippen LogP contribution in [0.3, 0.4) is 0 Å². The molecule has 0 radical (unpaired) electrons. The second-order valence-electron chi connectivity index (χ2n) is 4.48. The number of benzene rings is 2. The Kier molecular flexibility index (Phi) is 3.82. The number of hydrogen-bond acceptors (Lipinski definition) is 2. The first-order chi connectivity index (χ1) is 10.1. The zero-order valence-corrected chi connectivity index (χ0v) is 12.4. The molecule has 0 aliphatic heterocycles. The first-order valence-electron chi connectivity index (χ1n) is 6.30. The van der Waals surface area contributed by atoms with Crippen LogP contribution in [0.2, 0.25) is 10.0 Å². The van der Waals surface area contributed by atoms with Gasteiger partial charge in [0.1, 0.15) is 11.3 Å². The Morgan fingerprint density at radius 3 is 2.38 bits per heavy atom. The summed E-state index contributed by atoms with van der Waals surface area (Å²) in [5, 5.41) is 1.65. The molecular formula is C17H10Cl2O2. The summed E-state index contributed by atoms with van der Waals surface area (Å²) in [5.41, 5.74) is 1.16. The van der Waals surface area contributed by atoms with Crippen LogP contribution in [0.25, 0.3) is 23.1 Å². The van der Waals surface area contributed by atoms with E-state index >= 15 is 0 Å². The molecule has 0 aliphatic rings. The predicted octanol–water partition coefficient (Wildman–Crippen LogP) is 5.27. The normalized spacial score (nSPS) is 11.3. The summed E-state index contributed by atoms with van der Waals surface area (Å²) in [7, 11) is 0. The van der Waals surface area contributed by atoms with Crippen LogP contribution in [0.4, 0.5) is 0 Å². The second kappa shape index (κ2) is 5.76. The number of rotatable bonds is 2. The van der Waals surface area contributed by atoms with E-state index in [0.717, 1.165) is 0 Å². The quantitative estimate of drug-likeness (QED) is 0.644. The van der Waals surface area contributed by atoms with Gasteiger partial charge in [-0.2, -0.15) is 0 Å². The Labute approximate surface area is 131 Å². The molecule has 3 rings (SSSR count). The van der Waals surface area contributed by atoms with Crippen molar-refractivity contribution in [3.63, 3.8) is 0 Å². The van der Waals surface area contributed by atoms with Gasteiger partial charge in [-0.3, -0.25) is 4.79 Å². The van der Waals surface area contributed by atoms with Crippen molar-refractivity contribution >= 4 is 46.3 Å². The highest BCUT2D eigenvalue weighted by Crippen LogP contribution is 2.26. The Balaban J connectivity index is 2.06. The van der Waals surface area contributed by atoms with Crippen LogP contribution >= 0.6 is 23.2 Å². The van der Waals surface area contributed by atoms with Gasteiger partial charge < -0.3 is 4.42 Å². The van der Waals surface area contributed by atoms with E-state index in [1.807, 2.05) is 6.07 Å². The molecule has 0 saturated heterocycles. The molecular weight excluding hydrogens is 307 g/mol. The predicted molar refractivity (Wildman–Crippen MR) is 87.9 cm³/mol. The molecule has 0 aliphatic carbocycles. The van der Waals surface area contributed by atoms with E-state index in [0.29, 0.717) is 32.3 Å². The number of fused-ring (bicyclic) bond motifs is 1. The lowest BCUT2D eigenvalue weighted by molar-refractivity contribution is 0.591. The highest BCUT2D eigenvalue weighted by atomic mass is 35.5. The van der Waals surface area contributed by atoms with Gasteiger partial charge in [0.15, 0.2) is 5.43 Å². The average molecular weight is 317 g/mol. The van der Waals surface area contributed by atoms with Gasteiger partial charge >= 0.3 is 0 Å². The van der Waals surface area contributed by atoms with Crippen molar-refractivity contribution in [1.29, 1.82) is 0 Å². The van der Waals surface area contributed by atoms with Crippen LogP contribution in [0.15, 0.2) is 57.7 Å². The smallest absolute Gasteiger partial charge is 0.193 e. The van der Waals surface area contributed by atoms with Crippen molar-refractivity contribution in [2.75, 3.05) is 0 Å². The minimum absolute atomic E-state index is 0.0817. The van der Waals surface area contributed by atoms with Gasteiger partial charge in [-0.05, 0) is 36.4 Å². The summed E-state index contributed by atoms with van der Waals surface area (Å²) >= 11 is 12.2. The van der Waals surface area contributed by atoms with Crippen molar-refractivity contribution in [1.82, 2.24) is 0 Å². The van der Waals surface area contributed by atoms with Crippen LogP contribution in [-0.2, 0) is 0 Å². The van der Waals surface area contributed by atoms with Crippen molar-refractivity contribution in [3.05, 3.63) is 80.1 Å². The molecule has 3 aromatic rings. The van der Waals surface area contributed by atoms with E-state index in [2.05, 4.69) is 0 Å². The molecule has 2 aromatic carbocycles. The lowest BCUT2D eigenvalue weighted by Crippen LogP contribution is -1.99. The number of hydrogen-bond donors (Lipinski definition) is 0. The average Bonchev–Trinajstić information content (AvgIpc) is 2.47. The van der Waals surface area contributed by atoms with Crippen LogP contribution < -0.4 is 5.43 Å². The molecule has 21 heavy (non-hydrogen) atoms. The Bertz CT molecular complexity index is 874. The fourth-order valence-electron chi connectivity index (χ4n) is 2.04. The van der Waals surface area contributed by atoms with Crippen molar-refractivity contribution < 1.29 is 4.42 Å². The van der Waals surface area contributed by atoms with E-state index in [9.17, 15) is 4.79 Å². The largest absolute Gasteiger partial charge is 0.456 e. The molecule has 2 nitrogen and oxygen atoms in total. The van der Waals surface area contributed by atoms with Crippen LogP contribution in [-0.4, -0.2) is 0 Å². The molecule has 1 aromatic heterocycles. The third kappa shape index (κ3) is 2.87. The summed E-state index contributed by atoms with van der Waals surface area (Å²) < 4.78 is 5.67. The van der Waals surface area contributed by atoms with E-state index in [1.54, 1.807) is 48.6 Å². The van der Waals surface area contributed by atoms with Crippen molar-refractivity contribution in [3.8, 4) is 0 Å².